The lowest BCUT2D eigenvalue weighted by atomic mass is 9.87. The molecule has 2 amide bonds. The molecule has 1 atom stereocenters. The van der Waals surface area contributed by atoms with Gasteiger partial charge < -0.3 is 15.7 Å². The SMILES string of the molecule is CC(C)(C)CC(CC(=O)O)NC(=O)NCc1ccsc1. The summed E-state index contributed by atoms with van der Waals surface area (Å²) in [7, 11) is 0. The van der Waals surface area contributed by atoms with Gasteiger partial charge in [-0.3, -0.25) is 4.79 Å². The number of carbonyl (C=O) groups is 2. The fourth-order valence-electron chi connectivity index (χ4n) is 1.94. The van der Waals surface area contributed by atoms with Crippen molar-refractivity contribution in [3.05, 3.63) is 22.4 Å². The standard InChI is InChI=1S/C14H22N2O3S/c1-14(2,3)7-11(6-12(17)18)16-13(19)15-8-10-4-5-20-9-10/h4-5,9,11H,6-8H2,1-3H3,(H,17,18)(H2,15,16,19). The van der Waals surface area contributed by atoms with Crippen LogP contribution in [0.3, 0.4) is 0 Å². The lowest BCUT2D eigenvalue weighted by molar-refractivity contribution is -0.137. The zero-order valence-electron chi connectivity index (χ0n) is 12.1. The molecule has 5 nitrogen and oxygen atoms in total. The van der Waals surface area contributed by atoms with Gasteiger partial charge in [-0.05, 0) is 34.2 Å². The van der Waals surface area contributed by atoms with E-state index in [4.69, 9.17) is 5.11 Å². The van der Waals surface area contributed by atoms with Gasteiger partial charge in [0.1, 0.15) is 0 Å². The number of carboxylic acid groups (broad SMARTS) is 1. The largest absolute Gasteiger partial charge is 0.481 e. The highest BCUT2D eigenvalue weighted by atomic mass is 32.1. The summed E-state index contributed by atoms with van der Waals surface area (Å²) in [4.78, 5) is 22.7. The maximum Gasteiger partial charge on any atom is 0.315 e. The molecule has 0 spiro atoms. The van der Waals surface area contributed by atoms with Crippen molar-refractivity contribution in [1.82, 2.24) is 10.6 Å². The third-order valence-electron chi connectivity index (χ3n) is 2.65. The summed E-state index contributed by atoms with van der Waals surface area (Å²) in [5.74, 6) is -0.905. The Kier molecular flexibility index (Phi) is 6.01. The van der Waals surface area contributed by atoms with Crippen LogP contribution in [-0.4, -0.2) is 23.1 Å². The Morgan fingerprint density at radius 1 is 1.40 bits per heavy atom. The molecule has 0 aliphatic heterocycles. The smallest absolute Gasteiger partial charge is 0.315 e. The molecule has 0 fully saturated rings. The quantitative estimate of drug-likeness (QED) is 0.755. The van der Waals surface area contributed by atoms with Crippen molar-refractivity contribution in [2.75, 3.05) is 0 Å². The maximum absolute atomic E-state index is 11.8. The molecule has 0 radical (unpaired) electrons. The van der Waals surface area contributed by atoms with Gasteiger partial charge in [0.05, 0.1) is 6.42 Å². The fraction of sp³-hybridized carbons (Fsp3) is 0.571. The number of carbonyl (C=O) groups excluding carboxylic acids is 1. The number of urea groups is 1. The molecule has 1 aromatic rings. The Morgan fingerprint density at radius 3 is 2.60 bits per heavy atom. The van der Waals surface area contributed by atoms with Crippen LogP contribution in [0.5, 0.6) is 0 Å². The number of nitrogens with one attached hydrogen (secondary N) is 2. The molecule has 1 unspecified atom stereocenters. The van der Waals surface area contributed by atoms with E-state index in [1.165, 1.54) is 0 Å². The van der Waals surface area contributed by atoms with Gasteiger partial charge in [0.2, 0.25) is 0 Å². The number of aliphatic carboxylic acids is 1. The number of thiophene rings is 1. The highest BCUT2D eigenvalue weighted by Gasteiger charge is 2.22. The fourth-order valence-corrected chi connectivity index (χ4v) is 2.60. The summed E-state index contributed by atoms with van der Waals surface area (Å²) < 4.78 is 0. The van der Waals surface area contributed by atoms with E-state index in [0.717, 1.165) is 5.56 Å². The molecule has 3 N–H and O–H groups in total. The van der Waals surface area contributed by atoms with Crippen LogP contribution in [0.15, 0.2) is 16.8 Å². The van der Waals surface area contributed by atoms with Crippen LogP contribution < -0.4 is 10.6 Å². The Bertz CT molecular complexity index is 438. The van der Waals surface area contributed by atoms with Crippen molar-refractivity contribution >= 4 is 23.3 Å². The molecule has 0 saturated carbocycles. The first-order valence-electron chi connectivity index (χ1n) is 6.53. The topological polar surface area (TPSA) is 78.4 Å². The first-order valence-corrected chi connectivity index (χ1v) is 7.48. The van der Waals surface area contributed by atoms with Crippen LogP contribution in [0.2, 0.25) is 0 Å². The van der Waals surface area contributed by atoms with Crippen LogP contribution in [-0.2, 0) is 11.3 Å². The molecule has 0 bridgehead atoms. The minimum atomic E-state index is -0.905. The van der Waals surface area contributed by atoms with Crippen LogP contribution in [0.25, 0.3) is 0 Å². The molecule has 0 aliphatic rings. The number of hydrogen-bond acceptors (Lipinski definition) is 3. The molecule has 0 saturated heterocycles. The molecule has 0 aliphatic carbocycles. The van der Waals surface area contributed by atoms with Crippen LogP contribution in [0, 0.1) is 5.41 Å². The molecular weight excluding hydrogens is 276 g/mol. The van der Waals surface area contributed by atoms with E-state index < -0.39 is 5.97 Å². The van der Waals surface area contributed by atoms with Crippen molar-refractivity contribution in [1.29, 1.82) is 0 Å². The van der Waals surface area contributed by atoms with Crippen LogP contribution >= 0.6 is 11.3 Å². The van der Waals surface area contributed by atoms with Crippen LogP contribution in [0.1, 0.15) is 39.2 Å². The second-order valence-corrected chi connectivity index (χ2v) is 6.80. The van der Waals surface area contributed by atoms with Crippen LogP contribution in [0.4, 0.5) is 4.79 Å². The summed E-state index contributed by atoms with van der Waals surface area (Å²) in [6.45, 7) is 6.51. The van der Waals surface area contributed by atoms with Gasteiger partial charge in [0.25, 0.3) is 0 Å². The molecule has 6 heteroatoms. The van der Waals surface area contributed by atoms with E-state index in [0.29, 0.717) is 13.0 Å². The van der Waals surface area contributed by atoms with E-state index in [2.05, 4.69) is 10.6 Å². The Hall–Kier alpha value is -1.56. The van der Waals surface area contributed by atoms with E-state index in [1.807, 2.05) is 37.6 Å². The first kappa shape index (κ1) is 16.5. The van der Waals surface area contributed by atoms with Crippen molar-refractivity contribution in [2.24, 2.45) is 5.41 Å². The highest BCUT2D eigenvalue weighted by Crippen LogP contribution is 2.22. The molecule has 1 heterocycles. The molecule has 0 aromatic carbocycles. The van der Waals surface area contributed by atoms with E-state index in [1.54, 1.807) is 11.3 Å². The summed E-state index contributed by atoms with van der Waals surface area (Å²) in [5.41, 5.74) is 0.997. The average molecular weight is 298 g/mol. The molecule has 20 heavy (non-hydrogen) atoms. The average Bonchev–Trinajstić information content (AvgIpc) is 2.75. The predicted molar refractivity (Wildman–Crippen MR) is 79.8 cm³/mol. The van der Waals surface area contributed by atoms with Gasteiger partial charge in [0, 0.05) is 12.6 Å². The number of rotatable bonds is 6. The van der Waals surface area contributed by atoms with Crippen molar-refractivity contribution in [3.8, 4) is 0 Å². The predicted octanol–water partition coefficient (Wildman–Crippen LogP) is 2.83. The first-order chi connectivity index (χ1) is 9.26. The molecule has 112 valence electrons. The second-order valence-electron chi connectivity index (χ2n) is 6.02. The van der Waals surface area contributed by atoms with E-state index in [-0.39, 0.29) is 23.9 Å². The number of hydrogen-bond donors (Lipinski definition) is 3. The Balaban J connectivity index is 2.46. The minimum absolute atomic E-state index is 0.0409. The zero-order chi connectivity index (χ0) is 15.2. The number of carboxylic acids is 1. The van der Waals surface area contributed by atoms with Gasteiger partial charge >= 0.3 is 12.0 Å². The Labute approximate surface area is 123 Å². The molecule has 1 rings (SSSR count). The monoisotopic (exact) mass is 298 g/mol. The molecule has 1 aromatic heterocycles. The second kappa shape index (κ2) is 7.28. The van der Waals surface area contributed by atoms with Crippen molar-refractivity contribution in [3.63, 3.8) is 0 Å². The lowest BCUT2D eigenvalue weighted by Gasteiger charge is -2.25. The Morgan fingerprint density at radius 2 is 2.10 bits per heavy atom. The van der Waals surface area contributed by atoms with Gasteiger partial charge in [-0.25, -0.2) is 4.79 Å². The summed E-state index contributed by atoms with van der Waals surface area (Å²) in [6, 6.07) is 1.25. The number of amides is 2. The highest BCUT2D eigenvalue weighted by molar-refractivity contribution is 7.07. The van der Waals surface area contributed by atoms with Gasteiger partial charge in [-0.1, -0.05) is 20.8 Å². The van der Waals surface area contributed by atoms with Gasteiger partial charge in [-0.2, -0.15) is 11.3 Å². The van der Waals surface area contributed by atoms with Gasteiger partial charge in [-0.15, -0.1) is 0 Å². The van der Waals surface area contributed by atoms with Gasteiger partial charge in [0.15, 0.2) is 0 Å². The summed E-state index contributed by atoms with van der Waals surface area (Å²) in [6.07, 6.45) is 0.550. The van der Waals surface area contributed by atoms with Crippen molar-refractivity contribution in [2.45, 2.75) is 46.2 Å². The van der Waals surface area contributed by atoms with Crippen molar-refractivity contribution < 1.29 is 14.7 Å². The summed E-state index contributed by atoms with van der Waals surface area (Å²) in [5, 5.41) is 18.3. The third-order valence-corrected chi connectivity index (χ3v) is 3.38. The normalized spacial score (nSPS) is 12.8. The molecular formula is C14H22N2O3S. The minimum Gasteiger partial charge on any atom is -0.481 e. The van der Waals surface area contributed by atoms with E-state index in [9.17, 15) is 9.59 Å². The summed E-state index contributed by atoms with van der Waals surface area (Å²) >= 11 is 1.57. The van der Waals surface area contributed by atoms with E-state index >= 15 is 0 Å². The maximum atomic E-state index is 11.8. The zero-order valence-corrected chi connectivity index (χ0v) is 12.9. The lowest BCUT2D eigenvalue weighted by Crippen LogP contribution is -2.44. The third kappa shape index (κ3) is 7.13.